The molecule has 2 heteroatoms. The van der Waals surface area contributed by atoms with Crippen molar-refractivity contribution in [2.45, 2.75) is 73.3 Å². The van der Waals surface area contributed by atoms with Gasteiger partial charge in [0.05, 0.1) is 0 Å². The highest BCUT2D eigenvalue weighted by Crippen LogP contribution is 2.39. The van der Waals surface area contributed by atoms with E-state index in [4.69, 9.17) is 0 Å². The molecule has 0 aliphatic heterocycles. The van der Waals surface area contributed by atoms with Gasteiger partial charge in [-0.25, -0.2) is 0 Å². The van der Waals surface area contributed by atoms with Gasteiger partial charge in [0.2, 0.25) is 0 Å². The molecule has 0 aromatic rings. The molecular weight excluding hydrogens is 244 g/mol. The van der Waals surface area contributed by atoms with Gasteiger partial charge in [-0.05, 0) is 68.9 Å². The third kappa shape index (κ3) is 7.08. The van der Waals surface area contributed by atoms with Crippen molar-refractivity contribution in [1.82, 2.24) is 10.6 Å². The summed E-state index contributed by atoms with van der Waals surface area (Å²) >= 11 is 0. The molecule has 0 bridgehead atoms. The summed E-state index contributed by atoms with van der Waals surface area (Å²) in [5.41, 5.74) is 0.506. The standard InChI is InChI=1S/C18H38N2/c1-14(2)11-19-12-15(3)20-13-16-7-9-17(10-8-16)18(4,5)6/h14-17,19-20H,7-13H2,1-6H3. The third-order valence-electron chi connectivity index (χ3n) is 4.83. The molecule has 0 amide bonds. The molecule has 1 fully saturated rings. The van der Waals surface area contributed by atoms with Crippen molar-refractivity contribution in [3.05, 3.63) is 0 Å². The average molecular weight is 283 g/mol. The Hall–Kier alpha value is -0.0800. The van der Waals surface area contributed by atoms with E-state index in [2.05, 4.69) is 52.2 Å². The molecule has 1 unspecified atom stereocenters. The van der Waals surface area contributed by atoms with Crippen LogP contribution in [-0.2, 0) is 0 Å². The lowest BCUT2D eigenvalue weighted by molar-refractivity contribution is 0.148. The Morgan fingerprint density at radius 3 is 2.05 bits per heavy atom. The summed E-state index contributed by atoms with van der Waals surface area (Å²) < 4.78 is 0. The monoisotopic (exact) mass is 282 g/mol. The maximum absolute atomic E-state index is 3.72. The first-order valence-corrected chi connectivity index (χ1v) is 8.73. The molecule has 0 spiro atoms. The first-order valence-electron chi connectivity index (χ1n) is 8.73. The van der Waals surface area contributed by atoms with Crippen molar-refractivity contribution in [3.63, 3.8) is 0 Å². The van der Waals surface area contributed by atoms with E-state index in [1.807, 2.05) is 0 Å². The fraction of sp³-hybridized carbons (Fsp3) is 1.00. The van der Waals surface area contributed by atoms with Crippen LogP contribution >= 0.6 is 0 Å². The van der Waals surface area contributed by atoms with Crippen LogP contribution in [0.25, 0.3) is 0 Å². The number of rotatable bonds is 7. The van der Waals surface area contributed by atoms with Crippen LogP contribution in [0.3, 0.4) is 0 Å². The van der Waals surface area contributed by atoms with Gasteiger partial charge in [0, 0.05) is 12.6 Å². The minimum Gasteiger partial charge on any atom is -0.315 e. The molecule has 0 aromatic carbocycles. The zero-order chi connectivity index (χ0) is 15.2. The molecule has 0 aromatic heterocycles. The van der Waals surface area contributed by atoms with Crippen molar-refractivity contribution in [3.8, 4) is 0 Å². The molecule has 20 heavy (non-hydrogen) atoms. The van der Waals surface area contributed by atoms with Crippen LogP contribution in [0, 0.1) is 23.2 Å². The van der Waals surface area contributed by atoms with Crippen LogP contribution in [0.4, 0.5) is 0 Å². The maximum atomic E-state index is 3.72. The molecule has 0 radical (unpaired) electrons. The zero-order valence-corrected chi connectivity index (χ0v) is 14.8. The Morgan fingerprint density at radius 1 is 0.950 bits per heavy atom. The minimum absolute atomic E-state index is 0.506. The highest BCUT2D eigenvalue weighted by Gasteiger charge is 2.29. The van der Waals surface area contributed by atoms with Gasteiger partial charge in [0.1, 0.15) is 0 Å². The molecule has 1 aliphatic rings. The highest BCUT2D eigenvalue weighted by molar-refractivity contribution is 4.81. The van der Waals surface area contributed by atoms with Crippen LogP contribution in [0.15, 0.2) is 0 Å². The average Bonchev–Trinajstić information content (AvgIpc) is 2.35. The molecule has 1 atom stereocenters. The minimum atomic E-state index is 0.506. The fourth-order valence-electron chi connectivity index (χ4n) is 3.26. The third-order valence-corrected chi connectivity index (χ3v) is 4.83. The number of nitrogens with one attached hydrogen (secondary N) is 2. The molecule has 0 saturated heterocycles. The van der Waals surface area contributed by atoms with Crippen LogP contribution in [0.2, 0.25) is 0 Å². The van der Waals surface area contributed by atoms with Crippen LogP contribution < -0.4 is 10.6 Å². The lowest BCUT2D eigenvalue weighted by Crippen LogP contribution is -2.40. The van der Waals surface area contributed by atoms with E-state index in [0.29, 0.717) is 11.5 Å². The lowest BCUT2D eigenvalue weighted by Gasteiger charge is -2.37. The number of hydrogen-bond donors (Lipinski definition) is 2. The second-order valence-corrected chi connectivity index (χ2v) is 8.45. The van der Waals surface area contributed by atoms with Gasteiger partial charge in [-0.3, -0.25) is 0 Å². The largest absolute Gasteiger partial charge is 0.315 e. The van der Waals surface area contributed by atoms with Gasteiger partial charge in [-0.15, -0.1) is 0 Å². The molecular formula is C18H38N2. The first-order chi connectivity index (χ1) is 9.29. The van der Waals surface area contributed by atoms with Gasteiger partial charge in [0.25, 0.3) is 0 Å². The van der Waals surface area contributed by atoms with Crippen molar-refractivity contribution in [2.75, 3.05) is 19.6 Å². The first kappa shape index (κ1) is 18.0. The molecule has 1 saturated carbocycles. The Kier molecular flexibility index (Phi) is 7.53. The van der Waals surface area contributed by atoms with Crippen LogP contribution in [-0.4, -0.2) is 25.7 Å². The Balaban J connectivity index is 2.12. The van der Waals surface area contributed by atoms with Gasteiger partial charge >= 0.3 is 0 Å². The Morgan fingerprint density at radius 2 is 1.55 bits per heavy atom. The summed E-state index contributed by atoms with van der Waals surface area (Å²) in [6.45, 7) is 17.5. The summed E-state index contributed by atoms with van der Waals surface area (Å²) in [5, 5.41) is 7.25. The molecule has 2 N–H and O–H groups in total. The van der Waals surface area contributed by atoms with Crippen molar-refractivity contribution < 1.29 is 0 Å². The second-order valence-electron chi connectivity index (χ2n) is 8.45. The van der Waals surface area contributed by atoms with E-state index in [9.17, 15) is 0 Å². The van der Waals surface area contributed by atoms with Crippen LogP contribution in [0.5, 0.6) is 0 Å². The van der Waals surface area contributed by atoms with Gasteiger partial charge < -0.3 is 10.6 Å². The maximum Gasteiger partial charge on any atom is 0.0164 e. The molecule has 1 rings (SSSR count). The summed E-state index contributed by atoms with van der Waals surface area (Å²) in [7, 11) is 0. The van der Waals surface area contributed by atoms with Crippen molar-refractivity contribution in [1.29, 1.82) is 0 Å². The SMILES string of the molecule is CC(C)CNCC(C)NCC1CCC(C(C)(C)C)CC1. The van der Waals surface area contributed by atoms with Crippen molar-refractivity contribution in [2.24, 2.45) is 23.2 Å². The normalized spacial score (nSPS) is 25.9. The van der Waals surface area contributed by atoms with E-state index >= 15 is 0 Å². The van der Waals surface area contributed by atoms with E-state index < -0.39 is 0 Å². The fourth-order valence-corrected chi connectivity index (χ4v) is 3.26. The lowest BCUT2D eigenvalue weighted by atomic mass is 9.70. The topological polar surface area (TPSA) is 24.1 Å². The van der Waals surface area contributed by atoms with Gasteiger partial charge in [0.15, 0.2) is 0 Å². The zero-order valence-electron chi connectivity index (χ0n) is 14.8. The summed E-state index contributed by atoms with van der Waals surface area (Å²) in [5.74, 6) is 2.58. The Labute approximate surface area is 127 Å². The highest BCUT2D eigenvalue weighted by atomic mass is 15.0. The van der Waals surface area contributed by atoms with E-state index in [-0.39, 0.29) is 0 Å². The van der Waals surface area contributed by atoms with Gasteiger partial charge in [-0.1, -0.05) is 34.6 Å². The van der Waals surface area contributed by atoms with Crippen molar-refractivity contribution >= 4 is 0 Å². The molecule has 0 heterocycles. The predicted octanol–water partition coefficient (Wildman–Crippen LogP) is 4.06. The summed E-state index contributed by atoms with van der Waals surface area (Å²) in [4.78, 5) is 0. The smallest absolute Gasteiger partial charge is 0.0164 e. The predicted molar refractivity (Wildman–Crippen MR) is 90.1 cm³/mol. The Bertz CT molecular complexity index is 247. The number of hydrogen-bond acceptors (Lipinski definition) is 2. The molecule has 120 valence electrons. The van der Waals surface area contributed by atoms with E-state index in [1.54, 1.807) is 0 Å². The van der Waals surface area contributed by atoms with Gasteiger partial charge in [-0.2, -0.15) is 0 Å². The molecule has 2 nitrogen and oxygen atoms in total. The van der Waals surface area contributed by atoms with Crippen LogP contribution in [0.1, 0.15) is 67.2 Å². The summed E-state index contributed by atoms with van der Waals surface area (Å²) in [6.07, 6.45) is 5.69. The van der Waals surface area contributed by atoms with E-state index in [1.165, 1.54) is 32.2 Å². The second kappa shape index (κ2) is 8.38. The quantitative estimate of drug-likeness (QED) is 0.736. The summed E-state index contributed by atoms with van der Waals surface area (Å²) in [6, 6.07) is 0.592. The van der Waals surface area contributed by atoms with E-state index in [0.717, 1.165) is 30.8 Å². The molecule has 1 aliphatic carbocycles.